The minimum absolute atomic E-state index is 0.0308. The van der Waals surface area contributed by atoms with Crippen LogP contribution in [0.25, 0.3) is 0 Å². The number of ether oxygens (including phenoxy) is 3. The van der Waals surface area contributed by atoms with Gasteiger partial charge in [-0.15, -0.1) is 0 Å². The quantitative estimate of drug-likeness (QED) is 0.452. The fourth-order valence-corrected chi connectivity index (χ4v) is 3.52. The lowest BCUT2D eigenvalue weighted by atomic mass is 10.1. The van der Waals surface area contributed by atoms with Gasteiger partial charge in [-0.2, -0.15) is 0 Å². The number of fused-ring (bicyclic) bond motifs is 1. The first-order chi connectivity index (χ1) is 15.3. The summed E-state index contributed by atoms with van der Waals surface area (Å²) in [6.07, 6.45) is 0.855. The molecular weight excluding hydrogens is 410 g/mol. The summed E-state index contributed by atoms with van der Waals surface area (Å²) in [5.74, 6) is 1.87. The van der Waals surface area contributed by atoms with Gasteiger partial charge in [0.2, 0.25) is 5.91 Å². The third kappa shape index (κ3) is 7.87. The molecule has 1 amide bonds. The molecule has 1 saturated heterocycles. The van der Waals surface area contributed by atoms with Gasteiger partial charge < -0.3 is 30.2 Å². The molecule has 0 aliphatic carbocycles. The minimum atomic E-state index is -0.299. The van der Waals surface area contributed by atoms with Crippen molar-refractivity contribution in [3.63, 3.8) is 0 Å². The van der Waals surface area contributed by atoms with E-state index in [0.717, 1.165) is 44.2 Å². The molecule has 178 valence electrons. The van der Waals surface area contributed by atoms with Crippen molar-refractivity contribution in [1.82, 2.24) is 15.5 Å². The minimum Gasteiger partial charge on any atom is -0.490 e. The highest BCUT2D eigenvalue weighted by atomic mass is 16.5. The van der Waals surface area contributed by atoms with E-state index in [2.05, 4.69) is 32.8 Å². The van der Waals surface area contributed by atoms with Gasteiger partial charge in [-0.3, -0.25) is 9.69 Å². The zero-order chi connectivity index (χ0) is 23.0. The highest BCUT2D eigenvalue weighted by Crippen LogP contribution is 2.32. The van der Waals surface area contributed by atoms with E-state index in [1.54, 1.807) is 0 Å². The van der Waals surface area contributed by atoms with E-state index in [9.17, 15) is 4.79 Å². The van der Waals surface area contributed by atoms with Crippen LogP contribution in [0.15, 0.2) is 23.2 Å². The number of morpholine rings is 1. The van der Waals surface area contributed by atoms with Crippen molar-refractivity contribution in [3.8, 4) is 11.5 Å². The van der Waals surface area contributed by atoms with Crippen LogP contribution in [0, 0.1) is 0 Å². The van der Waals surface area contributed by atoms with E-state index in [1.165, 1.54) is 0 Å². The number of hydrogen-bond acceptors (Lipinski definition) is 6. The van der Waals surface area contributed by atoms with Crippen LogP contribution in [-0.4, -0.2) is 81.0 Å². The van der Waals surface area contributed by atoms with Crippen LogP contribution in [0.3, 0.4) is 0 Å². The molecular formula is C23H37N5O4. The number of carbonyl (C=O) groups is 1. The van der Waals surface area contributed by atoms with E-state index >= 15 is 0 Å². The molecule has 3 N–H and O–H groups in total. The number of amides is 1. The number of rotatable bonds is 6. The Morgan fingerprint density at radius 3 is 2.56 bits per heavy atom. The Kier molecular flexibility index (Phi) is 8.58. The van der Waals surface area contributed by atoms with Crippen molar-refractivity contribution in [2.75, 3.05) is 57.9 Å². The normalized spacial score (nSPS) is 18.4. The summed E-state index contributed by atoms with van der Waals surface area (Å²) in [5.41, 5.74) is 0.517. The molecule has 0 spiro atoms. The Morgan fingerprint density at radius 2 is 1.84 bits per heavy atom. The van der Waals surface area contributed by atoms with Crippen molar-refractivity contribution in [3.05, 3.63) is 18.2 Å². The summed E-state index contributed by atoms with van der Waals surface area (Å²) in [6, 6.07) is 6.02. The summed E-state index contributed by atoms with van der Waals surface area (Å²) in [6.45, 7) is 13.4. The first kappa shape index (κ1) is 24.1. The summed E-state index contributed by atoms with van der Waals surface area (Å²) in [4.78, 5) is 19.2. The number of hydrogen-bond donors (Lipinski definition) is 3. The SMILES string of the molecule is CC(CNC(=NCC(=O)NC(C)(C)C)Nc1ccc2c(c1)OCCCO2)N1CCOCC1. The maximum atomic E-state index is 12.3. The summed E-state index contributed by atoms with van der Waals surface area (Å²) in [5, 5.41) is 9.63. The van der Waals surface area contributed by atoms with Crippen molar-refractivity contribution in [1.29, 1.82) is 0 Å². The molecule has 2 heterocycles. The molecule has 0 radical (unpaired) electrons. The lowest BCUT2D eigenvalue weighted by Gasteiger charge is -2.32. The maximum Gasteiger partial charge on any atom is 0.242 e. The molecule has 1 fully saturated rings. The van der Waals surface area contributed by atoms with E-state index in [4.69, 9.17) is 14.2 Å². The van der Waals surface area contributed by atoms with Crippen LogP contribution in [0.5, 0.6) is 11.5 Å². The second-order valence-electron chi connectivity index (χ2n) is 9.18. The van der Waals surface area contributed by atoms with E-state index in [-0.39, 0.29) is 18.0 Å². The Hall–Kier alpha value is -2.52. The largest absolute Gasteiger partial charge is 0.490 e. The fraction of sp³-hybridized carbons (Fsp3) is 0.652. The summed E-state index contributed by atoms with van der Waals surface area (Å²) < 4.78 is 17.0. The van der Waals surface area contributed by atoms with Gasteiger partial charge in [0, 0.05) is 49.4 Å². The van der Waals surface area contributed by atoms with Gasteiger partial charge in [0.25, 0.3) is 0 Å². The molecule has 9 nitrogen and oxygen atoms in total. The second kappa shape index (κ2) is 11.4. The lowest BCUT2D eigenvalue weighted by Crippen LogP contribution is -2.48. The van der Waals surface area contributed by atoms with Crippen LogP contribution >= 0.6 is 0 Å². The number of aliphatic imine (C=N–C) groups is 1. The number of nitrogens with one attached hydrogen (secondary N) is 3. The van der Waals surface area contributed by atoms with E-state index < -0.39 is 0 Å². The third-order valence-electron chi connectivity index (χ3n) is 5.14. The van der Waals surface area contributed by atoms with Crippen LogP contribution in [0.1, 0.15) is 34.1 Å². The predicted octanol–water partition coefficient (Wildman–Crippen LogP) is 1.84. The van der Waals surface area contributed by atoms with Crippen LogP contribution in [-0.2, 0) is 9.53 Å². The Labute approximate surface area is 190 Å². The first-order valence-corrected chi connectivity index (χ1v) is 11.4. The topological polar surface area (TPSA) is 96.5 Å². The molecule has 1 atom stereocenters. The Morgan fingerprint density at radius 1 is 1.12 bits per heavy atom. The predicted molar refractivity (Wildman–Crippen MR) is 126 cm³/mol. The van der Waals surface area contributed by atoms with E-state index in [1.807, 2.05) is 39.0 Å². The van der Waals surface area contributed by atoms with Gasteiger partial charge in [-0.1, -0.05) is 0 Å². The average Bonchev–Trinajstić information content (AvgIpc) is 3.00. The van der Waals surface area contributed by atoms with Crippen LogP contribution in [0.4, 0.5) is 5.69 Å². The molecule has 0 bridgehead atoms. The van der Waals surface area contributed by atoms with Gasteiger partial charge >= 0.3 is 0 Å². The zero-order valence-electron chi connectivity index (χ0n) is 19.7. The average molecular weight is 448 g/mol. The van der Waals surface area contributed by atoms with E-state index in [0.29, 0.717) is 37.5 Å². The molecule has 32 heavy (non-hydrogen) atoms. The summed E-state index contributed by atoms with van der Waals surface area (Å²) in [7, 11) is 0. The fourth-order valence-electron chi connectivity index (χ4n) is 3.52. The van der Waals surface area contributed by atoms with Crippen LogP contribution < -0.4 is 25.4 Å². The number of nitrogens with zero attached hydrogens (tertiary/aromatic N) is 2. The third-order valence-corrected chi connectivity index (χ3v) is 5.14. The Bertz CT molecular complexity index is 787. The summed E-state index contributed by atoms with van der Waals surface area (Å²) >= 11 is 0. The molecule has 3 rings (SSSR count). The molecule has 2 aliphatic rings. The molecule has 9 heteroatoms. The van der Waals surface area contributed by atoms with Crippen molar-refractivity contribution in [2.24, 2.45) is 4.99 Å². The Balaban J connectivity index is 1.67. The maximum absolute atomic E-state index is 12.3. The van der Waals surface area contributed by atoms with Gasteiger partial charge in [0.1, 0.15) is 6.54 Å². The lowest BCUT2D eigenvalue weighted by molar-refractivity contribution is -0.121. The number of benzene rings is 1. The first-order valence-electron chi connectivity index (χ1n) is 11.4. The highest BCUT2D eigenvalue weighted by molar-refractivity contribution is 5.95. The number of anilines is 1. The van der Waals surface area contributed by atoms with Gasteiger partial charge in [-0.25, -0.2) is 4.99 Å². The molecule has 1 aromatic carbocycles. The number of carbonyl (C=O) groups excluding carboxylic acids is 1. The molecule has 1 unspecified atom stereocenters. The molecule has 0 aromatic heterocycles. The second-order valence-corrected chi connectivity index (χ2v) is 9.18. The highest BCUT2D eigenvalue weighted by Gasteiger charge is 2.18. The zero-order valence-corrected chi connectivity index (χ0v) is 19.7. The van der Waals surface area contributed by atoms with Gasteiger partial charge in [0.05, 0.1) is 26.4 Å². The van der Waals surface area contributed by atoms with Gasteiger partial charge in [0.15, 0.2) is 17.5 Å². The van der Waals surface area contributed by atoms with Crippen molar-refractivity contribution < 1.29 is 19.0 Å². The van der Waals surface area contributed by atoms with Crippen molar-refractivity contribution >= 4 is 17.6 Å². The van der Waals surface area contributed by atoms with Crippen molar-refractivity contribution in [2.45, 2.75) is 45.7 Å². The van der Waals surface area contributed by atoms with Gasteiger partial charge in [-0.05, 0) is 39.8 Å². The smallest absolute Gasteiger partial charge is 0.242 e. The molecule has 2 aliphatic heterocycles. The standard InChI is InChI=1S/C23H37N5O4/c1-17(28-8-12-30-13-9-28)15-24-22(25-16-21(29)27-23(2,3)4)26-18-6-7-19-20(14-18)32-11-5-10-31-19/h6-7,14,17H,5,8-13,15-16H2,1-4H3,(H,27,29)(H2,24,25,26). The number of guanidine groups is 1. The van der Waals surface area contributed by atoms with Crippen LogP contribution in [0.2, 0.25) is 0 Å². The monoisotopic (exact) mass is 447 g/mol. The molecule has 1 aromatic rings. The molecule has 0 saturated carbocycles.